The summed E-state index contributed by atoms with van der Waals surface area (Å²) < 4.78 is 11.2. The van der Waals surface area contributed by atoms with Gasteiger partial charge in [-0.15, -0.1) is 0 Å². The smallest absolute Gasteiger partial charge is 0.344 e. The number of likely N-dealkylation sites (N-methyl/N-ethyl adjacent to an activating group) is 1. The standard InChI is InChI=1S/C23H28N6O4/c1-14-20(16-9-25-23(31)26-10-16)28-22(29-21(14)27-17-6-7-32-12-17)15-4-3-5-19(8-15)33-13-18(30)11-24-2/h3-5,8-10,17-18,24,30H,6-7,11-13H2,1-2H3,(H,25,26,31)(H,27,28,29). The van der Waals surface area contributed by atoms with E-state index < -0.39 is 11.8 Å². The summed E-state index contributed by atoms with van der Waals surface area (Å²) >= 11 is 0. The van der Waals surface area contributed by atoms with Crippen molar-refractivity contribution in [3.8, 4) is 28.4 Å². The van der Waals surface area contributed by atoms with Gasteiger partial charge < -0.3 is 30.2 Å². The third kappa shape index (κ3) is 5.72. The number of H-pyrrole nitrogens is 1. The molecule has 0 bridgehead atoms. The number of hydrogen-bond acceptors (Lipinski definition) is 9. The van der Waals surface area contributed by atoms with E-state index >= 15 is 0 Å². The Labute approximate surface area is 191 Å². The number of nitrogens with zero attached hydrogens (tertiary/aromatic N) is 3. The third-order valence-corrected chi connectivity index (χ3v) is 5.34. The second-order valence-corrected chi connectivity index (χ2v) is 7.93. The lowest BCUT2D eigenvalue weighted by Crippen LogP contribution is -2.29. The molecule has 1 fully saturated rings. The minimum absolute atomic E-state index is 0.163. The number of aromatic nitrogens is 4. The molecule has 0 spiro atoms. The minimum atomic E-state index is -0.613. The Hall–Kier alpha value is -3.34. The number of nitrogens with one attached hydrogen (secondary N) is 3. The van der Waals surface area contributed by atoms with E-state index in [1.807, 2.05) is 31.2 Å². The predicted molar refractivity (Wildman–Crippen MR) is 124 cm³/mol. The molecule has 3 aromatic rings. The maximum Gasteiger partial charge on any atom is 0.344 e. The van der Waals surface area contributed by atoms with Crippen molar-refractivity contribution < 1.29 is 14.6 Å². The first-order valence-electron chi connectivity index (χ1n) is 10.9. The summed E-state index contributed by atoms with van der Waals surface area (Å²) in [6, 6.07) is 7.59. The fourth-order valence-electron chi connectivity index (χ4n) is 3.59. The van der Waals surface area contributed by atoms with E-state index in [9.17, 15) is 9.90 Å². The van der Waals surface area contributed by atoms with Gasteiger partial charge >= 0.3 is 5.69 Å². The largest absolute Gasteiger partial charge is 0.491 e. The average Bonchev–Trinajstić information content (AvgIpc) is 3.33. The minimum Gasteiger partial charge on any atom is -0.491 e. The van der Waals surface area contributed by atoms with Gasteiger partial charge in [-0.25, -0.2) is 19.7 Å². The monoisotopic (exact) mass is 452 g/mol. The highest BCUT2D eigenvalue weighted by atomic mass is 16.5. The molecule has 2 aromatic heterocycles. The molecular weight excluding hydrogens is 424 g/mol. The van der Waals surface area contributed by atoms with Crippen LogP contribution in [0.4, 0.5) is 5.82 Å². The first-order chi connectivity index (χ1) is 16.0. The highest BCUT2D eigenvalue weighted by Crippen LogP contribution is 2.30. The summed E-state index contributed by atoms with van der Waals surface area (Å²) in [5, 5.41) is 16.3. The Balaban J connectivity index is 1.69. The van der Waals surface area contributed by atoms with Crippen molar-refractivity contribution in [1.29, 1.82) is 0 Å². The van der Waals surface area contributed by atoms with Crippen LogP contribution in [-0.4, -0.2) is 70.6 Å². The number of rotatable bonds is 9. The summed E-state index contributed by atoms with van der Waals surface area (Å²) in [4.78, 5) is 27.5. The quantitative estimate of drug-likeness (QED) is 0.380. The average molecular weight is 453 g/mol. The molecule has 174 valence electrons. The van der Waals surface area contributed by atoms with Crippen LogP contribution in [-0.2, 0) is 4.74 Å². The zero-order chi connectivity index (χ0) is 23.2. The van der Waals surface area contributed by atoms with E-state index in [2.05, 4.69) is 20.6 Å². The van der Waals surface area contributed by atoms with Crippen LogP contribution in [0.1, 0.15) is 12.0 Å². The van der Waals surface area contributed by atoms with Gasteiger partial charge in [0.15, 0.2) is 5.82 Å². The molecule has 4 N–H and O–H groups in total. The van der Waals surface area contributed by atoms with Gasteiger partial charge in [-0.05, 0) is 32.5 Å². The molecular formula is C23H28N6O4. The molecule has 2 atom stereocenters. The first kappa shape index (κ1) is 22.8. The third-order valence-electron chi connectivity index (χ3n) is 5.34. The predicted octanol–water partition coefficient (Wildman–Crippen LogP) is 1.36. The van der Waals surface area contributed by atoms with Gasteiger partial charge in [0, 0.05) is 42.2 Å². The Morgan fingerprint density at radius 1 is 1.33 bits per heavy atom. The van der Waals surface area contributed by atoms with Gasteiger partial charge in [0.2, 0.25) is 0 Å². The summed E-state index contributed by atoms with van der Waals surface area (Å²) in [7, 11) is 1.78. The van der Waals surface area contributed by atoms with Gasteiger partial charge in [-0.2, -0.15) is 0 Å². The van der Waals surface area contributed by atoms with E-state index in [-0.39, 0.29) is 12.6 Å². The topological polar surface area (TPSA) is 134 Å². The molecule has 1 aromatic carbocycles. The maximum absolute atomic E-state index is 11.5. The van der Waals surface area contributed by atoms with Crippen molar-refractivity contribution in [1.82, 2.24) is 25.3 Å². The zero-order valence-corrected chi connectivity index (χ0v) is 18.7. The molecule has 2 unspecified atom stereocenters. The maximum atomic E-state index is 11.5. The second kappa shape index (κ2) is 10.5. The van der Waals surface area contributed by atoms with Crippen LogP contribution in [0, 0.1) is 6.92 Å². The van der Waals surface area contributed by atoms with Gasteiger partial charge in [-0.3, -0.25) is 0 Å². The lowest BCUT2D eigenvalue weighted by molar-refractivity contribution is 0.108. The van der Waals surface area contributed by atoms with Crippen molar-refractivity contribution in [3.05, 3.63) is 52.7 Å². The fourth-order valence-corrected chi connectivity index (χ4v) is 3.59. The number of aliphatic hydroxyl groups is 1. The number of aliphatic hydroxyl groups excluding tert-OH is 1. The van der Waals surface area contributed by atoms with E-state index in [0.29, 0.717) is 48.4 Å². The number of anilines is 1. The molecule has 0 amide bonds. The Morgan fingerprint density at radius 2 is 2.21 bits per heavy atom. The van der Waals surface area contributed by atoms with Crippen molar-refractivity contribution in [2.75, 3.05) is 38.7 Å². The molecule has 10 nitrogen and oxygen atoms in total. The van der Waals surface area contributed by atoms with Crippen LogP contribution < -0.4 is 21.1 Å². The van der Waals surface area contributed by atoms with Crippen molar-refractivity contribution in [2.45, 2.75) is 25.5 Å². The molecule has 1 aliphatic heterocycles. The number of hydrogen-bond donors (Lipinski definition) is 4. The second-order valence-electron chi connectivity index (χ2n) is 7.93. The highest BCUT2D eigenvalue weighted by Gasteiger charge is 2.20. The summed E-state index contributed by atoms with van der Waals surface area (Å²) in [6.45, 7) is 3.88. The zero-order valence-electron chi connectivity index (χ0n) is 18.7. The SMILES string of the molecule is CNCC(O)COc1cccc(-c2nc(NC3CCOC3)c(C)c(-c3cnc(=O)[nH]c3)n2)c1. The summed E-state index contributed by atoms with van der Waals surface area (Å²) in [5.74, 6) is 1.81. The Morgan fingerprint density at radius 3 is 2.94 bits per heavy atom. The van der Waals surface area contributed by atoms with E-state index in [1.54, 1.807) is 13.2 Å². The first-order valence-corrected chi connectivity index (χ1v) is 10.9. The molecule has 33 heavy (non-hydrogen) atoms. The van der Waals surface area contributed by atoms with Gasteiger partial charge in [0.1, 0.15) is 24.3 Å². The van der Waals surface area contributed by atoms with E-state index in [0.717, 1.165) is 17.5 Å². The molecule has 0 aliphatic carbocycles. The van der Waals surface area contributed by atoms with Gasteiger partial charge in [-0.1, -0.05) is 12.1 Å². The Kier molecular flexibility index (Phi) is 7.28. The van der Waals surface area contributed by atoms with Crippen LogP contribution in [0.15, 0.2) is 41.5 Å². The molecule has 1 saturated heterocycles. The summed E-state index contributed by atoms with van der Waals surface area (Å²) in [5.41, 5.74) is 2.55. The Bertz CT molecular complexity index is 1130. The lowest BCUT2D eigenvalue weighted by Gasteiger charge is -2.17. The molecule has 1 aliphatic rings. The van der Waals surface area contributed by atoms with Crippen LogP contribution >= 0.6 is 0 Å². The van der Waals surface area contributed by atoms with E-state index in [1.165, 1.54) is 6.20 Å². The lowest BCUT2D eigenvalue weighted by atomic mass is 10.1. The number of ether oxygens (including phenoxy) is 2. The van der Waals surface area contributed by atoms with Gasteiger partial charge in [0.05, 0.1) is 18.3 Å². The number of benzene rings is 1. The fraction of sp³-hybridized carbons (Fsp3) is 0.391. The van der Waals surface area contributed by atoms with Crippen LogP contribution in [0.2, 0.25) is 0 Å². The summed E-state index contributed by atoms with van der Waals surface area (Å²) in [6.07, 6.45) is 3.38. The number of aromatic amines is 1. The van der Waals surface area contributed by atoms with E-state index in [4.69, 9.17) is 19.4 Å². The van der Waals surface area contributed by atoms with Crippen LogP contribution in [0.5, 0.6) is 5.75 Å². The molecule has 3 heterocycles. The van der Waals surface area contributed by atoms with Crippen molar-refractivity contribution in [3.63, 3.8) is 0 Å². The van der Waals surface area contributed by atoms with Crippen molar-refractivity contribution >= 4 is 5.82 Å². The van der Waals surface area contributed by atoms with Crippen LogP contribution in [0.25, 0.3) is 22.6 Å². The molecule has 0 saturated carbocycles. The molecule has 0 radical (unpaired) electrons. The normalized spacial score (nSPS) is 16.5. The van der Waals surface area contributed by atoms with Crippen molar-refractivity contribution in [2.24, 2.45) is 0 Å². The molecule has 4 rings (SSSR count). The molecule has 10 heteroatoms. The highest BCUT2D eigenvalue weighted by molar-refractivity contribution is 5.71. The van der Waals surface area contributed by atoms with Crippen LogP contribution in [0.3, 0.4) is 0 Å². The van der Waals surface area contributed by atoms with Gasteiger partial charge in [0.25, 0.3) is 0 Å².